The topological polar surface area (TPSA) is 17.1 Å². The van der Waals surface area contributed by atoms with Crippen LogP contribution in [-0.4, -0.2) is 6.29 Å². The Labute approximate surface area is 74.9 Å². The number of allylic oxidation sites excluding steroid dienone is 2. The van der Waals surface area contributed by atoms with Gasteiger partial charge in [0.2, 0.25) is 0 Å². The first kappa shape index (κ1) is 9.50. The smallest absolute Gasteiger partial charge is 0.145 e. The van der Waals surface area contributed by atoms with E-state index in [1.807, 2.05) is 0 Å². The maximum atomic E-state index is 10.7. The zero-order valence-corrected chi connectivity index (χ0v) is 7.94. The molecule has 0 N–H and O–H groups in total. The van der Waals surface area contributed by atoms with Gasteiger partial charge in [-0.1, -0.05) is 18.9 Å². The Bertz CT molecular complexity index is 171. The van der Waals surface area contributed by atoms with Crippen LogP contribution in [0.1, 0.15) is 51.9 Å². The van der Waals surface area contributed by atoms with E-state index in [9.17, 15) is 4.79 Å². The van der Waals surface area contributed by atoms with Gasteiger partial charge in [-0.15, -0.1) is 0 Å². The summed E-state index contributed by atoms with van der Waals surface area (Å²) in [4.78, 5) is 10.7. The lowest BCUT2D eigenvalue weighted by atomic mass is 10.0. The molecule has 0 aromatic heterocycles. The van der Waals surface area contributed by atoms with Crippen molar-refractivity contribution >= 4 is 6.29 Å². The van der Waals surface area contributed by atoms with Crippen LogP contribution in [0.15, 0.2) is 11.1 Å². The molecular weight excluding hydrogens is 148 g/mol. The van der Waals surface area contributed by atoms with E-state index in [4.69, 9.17) is 0 Å². The van der Waals surface area contributed by atoms with E-state index in [1.165, 1.54) is 37.7 Å². The van der Waals surface area contributed by atoms with Crippen LogP contribution in [0.3, 0.4) is 0 Å². The van der Waals surface area contributed by atoms with E-state index < -0.39 is 0 Å². The van der Waals surface area contributed by atoms with Gasteiger partial charge in [0.1, 0.15) is 6.29 Å². The van der Waals surface area contributed by atoms with E-state index >= 15 is 0 Å². The minimum absolute atomic E-state index is 1.01. The van der Waals surface area contributed by atoms with E-state index in [0.29, 0.717) is 0 Å². The minimum Gasteiger partial charge on any atom is -0.298 e. The molecule has 68 valence electrons. The predicted molar refractivity (Wildman–Crippen MR) is 51.1 cm³/mol. The van der Waals surface area contributed by atoms with E-state index in [0.717, 1.165) is 24.7 Å². The highest BCUT2D eigenvalue weighted by atomic mass is 16.1. The Kier molecular flexibility index (Phi) is 4.06. The lowest BCUT2D eigenvalue weighted by Crippen LogP contribution is -1.90. The molecule has 1 saturated carbocycles. The number of hydrogen-bond acceptors (Lipinski definition) is 1. The second-order valence-electron chi connectivity index (χ2n) is 3.56. The highest BCUT2D eigenvalue weighted by Crippen LogP contribution is 2.28. The highest BCUT2D eigenvalue weighted by molar-refractivity contribution is 5.74. The molecule has 1 aliphatic rings. The van der Waals surface area contributed by atoms with Gasteiger partial charge in [-0.05, 0) is 44.1 Å². The van der Waals surface area contributed by atoms with Crippen molar-refractivity contribution < 1.29 is 4.79 Å². The zero-order chi connectivity index (χ0) is 8.81. The molecular formula is C11H18O. The number of hydrogen-bond donors (Lipinski definition) is 0. The van der Waals surface area contributed by atoms with Gasteiger partial charge in [0, 0.05) is 0 Å². The van der Waals surface area contributed by atoms with Gasteiger partial charge < -0.3 is 0 Å². The number of carbonyl (C=O) groups excluding carboxylic acids is 1. The quantitative estimate of drug-likeness (QED) is 0.463. The monoisotopic (exact) mass is 166 g/mol. The summed E-state index contributed by atoms with van der Waals surface area (Å²) in [7, 11) is 0. The van der Waals surface area contributed by atoms with E-state index in [2.05, 4.69) is 6.92 Å². The molecule has 1 rings (SSSR count). The second kappa shape index (κ2) is 5.13. The molecule has 0 amide bonds. The van der Waals surface area contributed by atoms with Crippen LogP contribution in [0, 0.1) is 0 Å². The lowest BCUT2D eigenvalue weighted by Gasteiger charge is -2.02. The number of rotatable bonds is 4. The van der Waals surface area contributed by atoms with Gasteiger partial charge in [-0.2, -0.15) is 0 Å². The van der Waals surface area contributed by atoms with E-state index in [1.54, 1.807) is 0 Å². The summed E-state index contributed by atoms with van der Waals surface area (Å²) < 4.78 is 0. The highest BCUT2D eigenvalue weighted by Gasteiger charge is 2.11. The summed E-state index contributed by atoms with van der Waals surface area (Å²) in [5.74, 6) is 0. The fourth-order valence-corrected chi connectivity index (χ4v) is 1.81. The van der Waals surface area contributed by atoms with Gasteiger partial charge in [0.15, 0.2) is 0 Å². The standard InChI is InChI=1S/C11H18O/c1-2-3-6-11(9-12)10-7-4-5-8-10/h9H,2-8H2,1H3. The first-order valence-electron chi connectivity index (χ1n) is 5.04. The molecule has 0 aromatic carbocycles. The molecule has 0 aliphatic heterocycles. The Balaban J connectivity index is 2.51. The Morgan fingerprint density at radius 2 is 2.08 bits per heavy atom. The van der Waals surface area contributed by atoms with Crippen molar-refractivity contribution in [1.82, 2.24) is 0 Å². The van der Waals surface area contributed by atoms with Crippen LogP contribution < -0.4 is 0 Å². The maximum absolute atomic E-state index is 10.7. The summed E-state index contributed by atoms with van der Waals surface area (Å²) in [5, 5.41) is 0. The Hall–Kier alpha value is -0.590. The summed E-state index contributed by atoms with van der Waals surface area (Å²) in [6.45, 7) is 2.17. The third-order valence-electron chi connectivity index (χ3n) is 2.60. The van der Waals surface area contributed by atoms with Crippen LogP contribution >= 0.6 is 0 Å². The Morgan fingerprint density at radius 1 is 1.42 bits per heavy atom. The first-order valence-corrected chi connectivity index (χ1v) is 5.04. The molecule has 0 aromatic rings. The third-order valence-corrected chi connectivity index (χ3v) is 2.60. The first-order chi connectivity index (χ1) is 5.88. The minimum atomic E-state index is 1.01. The van der Waals surface area contributed by atoms with Crippen molar-refractivity contribution in [1.29, 1.82) is 0 Å². The van der Waals surface area contributed by atoms with Crippen molar-refractivity contribution in [3.8, 4) is 0 Å². The third kappa shape index (κ3) is 2.47. The molecule has 1 aliphatic carbocycles. The van der Waals surface area contributed by atoms with Crippen LogP contribution in [0.5, 0.6) is 0 Å². The molecule has 0 spiro atoms. The molecule has 0 radical (unpaired) electrons. The van der Waals surface area contributed by atoms with Crippen LogP contribution in [0.4, 0.5) is 0 Å². The predicted octanol–water partition coefficient (Wildman–Crippen LogP) is 3.25. The van der Waals surface area contributed by atoms with Crippen molar-refractivity contribution in [2.75, 3.05) is 0 Å². The zero-order valence-electron chi connectivity index (χ0n) is 7.94. The summed E-state index contributed by atoms with van der Waals surface area (Å²) in [6.07, 6.45) is 9.38. The fourth-order valence-electron chi connectivity index (χ4n) is 1.81. The molecule has 0 atom stereocenters. The average Bonchev–Trinajstić information content (AvgIpc) is 2.59. The number of aldehydes is 1. The van der Waals surface area contributed by atoms with Crippen molar-refractivity contribution in [3.63, 3.8) is 0 Å². The molecule has 1 heteroatoms. The van der Waals surface area contributed by atoms with Gasteiger partial charge >= 0.3 is 0 Å². The van der Waals surface area contributed by atoms with Crippen LogP contribution in [-0.2, 0) is 4.79 Å². The van der Waals surface area contributed by atoms with Gasteiger partial charge in [-0.25, -0.2) is 0 Å². The lowest BCUT2D eigenvalue weighted by molar-refractivity contribution is -0.105. The summed E-state index contributed by atoms with van der Waals surface area (Å²) in [5.41, 5.74) is 2.55. The molecule has 1 fully saturated rings. The van der Waals surface area contributed by atoms with Gasteiger partial charge in [0.25, 0.3) is 0 Å². The summed E-state index contributed by atoms with van der Waals surface area (Å²) >= 11 is 0. The maximum Gasteiger partial charge on any atom is 0.145 e. The van der Waals surface area contributed by atoms with Crippen molar-refractivity contribution in [3.05, 3.63) is 11.1 Å². The molecule has 0 saturated heterocycles. The van der Waals surface area contributed by atoms with Crippen molar-refractivity contribution in [2.45, 2.75) is 51.9 Å². The van der Waals surface area contributed by atoms with Gasteiger partial charge in [-0.3, -0.25) is 4.79 Å². The second-order valence-corrected chi connectivity index (χ2v) is 3.56. The fraction of sp³-hybridized carbons (Fsp3) is 0.727. The SMILES string of the molecule is CCCCC(C=O)=C1CCCC1. The molecule has 12 heavy (non-hydrogen) atoms. The van der Waals surface area contributed by atoms with Crippen LogP contribution in [0.2, 0.25) is 0 Å². The van der Waals surface area contributed by atoms with Crippen molar-refractivity contribution in [2.24, 2.45) is 0 Å². The van der Waals surface area contributed by atoms with Crippen LogP contribution in [0.25, 0.3) is 0 Å². The van der Waals surface area contributed by atoms with Gasteiger partial charge in [0.05, 0.1) is 0 Å². The molecule has 0 bridgehead atoms. The summed E-state index contributed by atoms with van der Waals surface area (Å²) in [6, 6.07) is 0. The number of unbranched alkanes of at least 4 members (excludes halogenated alkanes) is 1. The molecule has 0 unspecified atom stereocenters. The normalized spacial score (nSPS) is 16.6. The molecule has 1 nitrogen and oxygen atoms in total. The Morgan fingerprint density at radius 3 is 2.58 bits per heavy atom. The average molecular weight is 166 g/mol. The largest absolute Gasteiger partial charge is 0.298 e. The van der Waals surface area contributed by atoms with E-state index in [-0.39, 0.29) is 0 Å². The molecule has 0 heterocycles. The number of carbonyl (C=O) groups is 1.